The van der Waals surface area contributed by atoms with Gasteiger partial charge in [-0.2, -0.15) is 0 Å². The van der Waals surface area contributed by atoms with Gasteiger partial charge in [0, 0.05) is 24.0 Å². The van der Waals surface area contributed by atoms with Crippen LogP contribution in [0.25, 0.3) is 0 Å². The van der Waals surface area contributed by atoms with Crippen LogP contribution in [-0.4, -0.2) is 32.2 Å². The lowest BCUT2D eigenvalue weighted by Crippen LogP contribution is -2.11. The van der Waals surface area contributed by atoms with Gasteiger partial charge in [-0.25, -0.2) is 0 Å². The number of hydrogen-bond acceptors (Lipinski definition) is 8. The summed E-state index contributed by atoms with van der Waals surface area (Å²) in [5, 5.41) is 24.3. The molecule has 10 heteroatoms. The normalized spacial score (nSPS) is 10.9. The summed E-state index contributed by atoms with van der Waals surface area (Å²) in [6.45, 7) is 0. The van der Waals surface area contributed by atoms with Crippen LogP contribution in [0.2, 0.25) is 0 Å². The van der Waals surface area contributed by atoms with Crippen LogP contribution in [0.15, 0.2) is 72.8 Å². The Hall–Kier alpha value is -3.76. The summed E-state index contributed by atoms with van der Waals surface area (Å²) in [6, 6.07) is 17.9. The Morgan fingerprint density at radius 3 is 1.47 bits per heavy atom. The van der Waals surface area contributed by atoms with Gasteiger partial charge in [-0.1, -0.05) is 71.2 Å². The second kappa shape index (κ2) is 10.5. The van der Waals surface area contributed by atoms with Gasteiger partial charge < -0.3 is 0 Å². The molecule has 160 valence electrons. The number of nitrogens with one attached hydrogen (secondary N) is 2. The minimum Gasteiger partial charge on any atom is -0.296 e. The molecule has 2 amide bonds. The average molecular weight is 463 g/mol. The van der Waals surface area contributed by atoms with Crippen molar-refractivity contribution >= 4 is 44.8 Å². The Morgan fingerprint density at radius 2 is 1.06 bits per heavy atom. The molecule has 0 bridgehead atoms. The number of amides is 2. The maximum atomic E-state index is 12.2. The summed E-state index contributed by atoms with van der Waals surface area (Å²) in [4.78, 5) is 24.3. The maximum Gasteiger partial charge on any atom is 0.257 e. The number of carbonyl (C=O) groups excluding carboxylic acids is 2. The van der Waals surface area contributed by atoms with Crippen molar-refractivity contribution in [3.8, 4) is 0 Å². The van der Waals surface area contributed by atoms with Crippen LogP contribution in [-0.2, 0) is 12.8 Å². The van der Waals surface area contributed by atoms with Gasteiger partial charge in [0.05, 0.1) is 0 Å². The van der Waals surface area contributed by atoms with Crippen molar-refractivity contribution in [3.63, 3.8) is 0 Å². The molecule has 0 atom stereocenters. The van der Waals surface area contributed by atoms with Crippen molar-refractivity contribution in [2.24, 2.45) is 0 Å². The predicted molar refractivity (Wildman–Crippen MR) is 125 cm³/mol. The second-order valence-electron chi connectivity index (χ2n) is 6.52. The lowest BCUT2D eigenvalue weighted by molar-refractivity contribution is 0.101. The second-order valence-corrected chi connectivity index (χ2v) is 8.65. The third kappa shape index (κ3) is 5.90. The zero-order valence-electron chi connectivity index (χ0n) is 16.8. The van der Waals surface area contributed by atoms with Crippen LogP contribution in [0.3, 0.4) is 0 Å². The highest BCUT2D eigenvalue weighted by Gasteiger charge is 2.10. The molecule has 2 aromatic carbocycles. The van der Waals surface area contributed by atoms with E-state index in [4.69, 9.17) is 0 Å². The van der Waals surface area contributed by atoms with Crippen molar-refractivity contribution in [2.75, 3.05) is 10.6 Å². The highest BCUT2D eigenvalue weighted by molar-refractivity contribution is 7.15. The van der Waals surface area contributed by atoms with Gasteiger partial charge in [-0.05, 0) is 24.3 Å². The van der Waals surface area contributed by atoms with Gasteiger partial charge in [-0.3, -0.25) is 20.2 Å². The van der Waals surface area contributed by atoms with E-state index in [0.717, 1.165) is 10.0 Å². The van der Waals surface area contributed by atoms with Gasteiger partial charge in [-0.15, -0.1) is 20.4 Å². The number of carbonyl (C=O) groups is 2. The average Bonchev–Trinajstić information content (AvgIpc) is 3.47. The number of allylic oxidation sites excluding steroid dienone is 2. The molecule has 4 rings (SSSR count). The fraction of sp³-hybridized carbons (Fsp3) is 0.0909. The fourth-order valence-corrected chi connectivity index (χ4v) is 4.08. The third-order valence-electron chi connectivity index (χ3n) is 4.20. The van der Waals surface area contributed by atoms with Crippen molar-refractivity contribution in [2.45, 2.75) is 12.8 Å². The first kappa shape index (κ1) is 21.5. The molecule has 2 N–H and O–H groups in total. The standard InChI is InChI=1S/C22H18N6O2S2/c29-19(15-9-3-1-4-10-15)23-21-27-25-17(31-21)13-7-8-14-18-26-28-22(32-18)24-20(30)16-11-5-2-6-12-16/h1-12H,13-14H2,(H,23,27,29)(H,24,28,30). The molecule has 0 spiro atoms. The highest BCUT2D eigenvalue weighted by Crippen LogP contribution is 2.19. The van der Waals surface area contributed by atoms with E-state index in [2.05, 4.69) is 31.0 Å². The quantitative estimate of drug-likeness (QED) is 0.379. The smallest absolute Gasteiger partial charge is 0.257 e. The molecule has 0 aliphatic carbocycles. The van der Waals surface area contributed by atoms with E-state index in [1.54, 1.807) is 24.3 Å². The molecular formula is C22H18N6O2S2. The minimum absolute atomic E-state index is 0.213. The molecular weight excluding hydrogens is 444 g/mol. The van der Waals surface area contributed by atoms with E-state index in [0.29, 0.717) is 34.2 Å². The summed E-state index contributed by atoms with van der Waals surface area (Å²) in [7, 11) is 0. The predicted octanol–water partition coefficient (Wildman–Crippen LogP) is 4.24. The van der Waals surface area contributed by atoms with Gasteiger partial charge >= 0.3 is 0 Å². The first-order valence-corrected chi connectivity index (χ1v) is 11.3. The Labute approximate surface area is 192 Å². The van der Waals surface area contributed by atoms with E-state index in [1.807, 2.05) is 48.6 Å². The van der Waals surface area contributed by atoms with Gasteiger partial charge in [0.15, 0.2) is 0 Å². The lowest BCUT2D eigenvalue weighted by atomic mass is 10.2. The van der Waals surface area contributed by atoms with E-state index < -0.39 is 0 Å². The molecule has 2 aromatic heterocycles. The van der Waals surface area contributed by atoms with Crippen LogP contribution in [0.5, 0.6) is 0 Å². The van der Waals surface area contributed by atoms with Crippen molar-refractivity contribution in [1.82, 2.24) is 20.4 Å². The Morgan fingerprint density at radius 1 is 0.656 bits per heavy atom. The SMILES string of the molecule is O=C(Nc1nnc(CC=CCc2nnc(NC(=O)c3ccccc3)s2)s1)c1ccccc1. The van der Waals surface area contributed by atoms with Crippen LogP contribution in [0.4, 0.5) is 10.3 Å². The summed E-state index contributed by atoms with van der Waals surface area (Å²) in [6.07, 6.45) is 5.12. The topological polar surface area (TPSA) is 110 Å². The minimum atomic E-state index is -0.213. The van der Waals surface area contributed by atoms with Gasteiger partial charge in [0.1, 0.15) is 10.0 Å². The van der Waals surface area contributed by atoms with E-state index in [-0.39, 0.29) is 11.8 Å². The van der Waals surface area contributed by atoms with Crippen LogP contribution < -0.4 is 10.6 Å². The van der Waals surface area contributed by atoms with E-state index >= 15 is 0 Å². The molecule has 4 aromatic rings. The number of aromatic nitrogens is 4. The molecule has 8 nitrogen and oxygen atoms in total. The van der Waals surface area contributed by atoms with Crippen LogP contribution in [0.1, 0.15) is 30.7 Å². The van der Waals surface area contributed by atoms with E-state index in [9.17, 15) is 9.59 Å². The Bertz CT molecular complexity index is 1130. The largest absolute Gasteiger partial charge is 0.296 e. The van der Waals surface area contributed by atoms with Crippen molar-refractivity contribution < 1.29 is 9.59 Å². The molecule has 0 unspecified atom stereocenters. The third-order valence-corrected chi connectivity index (χ3v) is 5.92. The molecule has 0 aliphatic heterocycles. The summed E-state index contributed by atoms with van der Waals surface area (Å²) < 4.78 is 0. The van der Waals surface area contributed by atoms with Crippen LogP contribution in [0, 0.1) is 0 Å². The van der Waals surface area contributed by atoms with E-state index in [1.165, 1.54) is 22.7 Å². The molecule has 0 aliphatic rings. The van der Waals surface area contributed by atoms with Gasteiger partial charge in [0.2, 0.25) is 10.3 Å². The maximum absolute atomic E-state index is 12.2. The number of rotatable bonds is 8. The zero-order chi connectivity index (χ0) is 22.2. The van der Waals surface area contributed by atoms with Crippen LogP contribution >= 0.6 is 22.7 Å². The molecule has 2 heterocycles. The van der Waals surface area contributed by atoms with Crippen molar-refractivity contribution in [1.29, 1.82) is 0 Å². The Balaban J connectivity index is 1.24. The molecule has 0 saturated carbocycles. The number of nitrogens with zero attached hydrogens (tertiary/aromatic N) is 4. The lowest BCUT2D eigenvalue weighted by Gasteiger charge is -1.99. The summed E-state index contributed by atoms with van der Waals surface area (Å²) >= 11 is 2.67. The monoisotopic (exact) mass is 462 g/mol. The molecule has 0 fully saturated rings. The number of anilines is 2. The molecule has 0 radical (unpaired) electrons. The molecule has 0 saturated heterocycles. The number of hydrogen-bond donors (Lipinski definition) is 2. The first-order chi connectivity index (χ1) is 15.7. The van der Waals surface area contributed by atoms with Gasteiger partial charge in [0.25, 0.3) is 11.8 Å². The first-order valence-electron chi connectivity index (χ1n) is 9.70. The van der Waals surface area contributed by atoms with Crippen molar-refractivity contribution in [3.05, 3.63) is 94.0 Å². The Kier molecular flexibility index (Phi) is 7.05. The summed E-state index contributed by atoms with van der Waals surface area (Å²) in [5.74, 6) is -0.425. The zero-order valence-corrected chi connectivity index (χ0v) is 18.4. The molecule has 32 heavy (non-hydrogen) atoms. The fourth-order valence-electron chi connectivity index (χ4n) is 2.66. The number of benzene rings is 2. The summed E-state index contributed by atoms with van der Waals surface area (Å²) in [5.41, 5.74) is 1.14. The highest BCUT2D eigenvalue weighted by atomic mass is 32.1.